The zero-order valence-electron chi connectivity index (χ0n) is 30.4. The minimum Gasteiger partial charge on any atom is -0.278 e. The minimum absolute atomic E-state index is 0.585. The summed E-state index contributed by atoms with van der Waals surface area (Å²) in [7, 11) is 0. The van der Waals surface area contributed by atoms with Gasteiger partial charge in [-0.15, -0.1) is 22.7 Å². The maximum absolute atomic E-state index is 5.21. The van der Waals surface area contributed by atoms with Crippen molar-refractivity contribution in [2.24, 2.45) is 0 Å². The summed E-state index contributed by atoms with van der Waals surface area (Å²) in [6.07, 6.45) is 0. The van der Waals surface area contributed by atoms with Crippen LogP contribution in [0.4, 0.5) is 0 Å². The second-order valence-corrected chi connectivity index (χ2v) is 16.5. The molecule has 0 bridgehead atoms. The number of thiophene rings is 2. The summed E-state index contributed by atoms with van der Waals surface area (Å²) in [6.45, 7) is 0. The van der Waals surface area contributed by atoms with E-state index < -0.39 is 0 Å². The Morgan fingerprint density at radius 2 is 0.772 bits per heavy atom. The summed E-state index contributed by atoms with van der Waals surface area (Å²) in [5.41, 5.74) is 8.80. The van der Waals surface area contributed by atoms with Crippen molar-refractivity contribution in [2.75, 3.05) is 0 Å². The average Bonchev–Trinajstić information content (AvgIpc) is 3.96. The molecule has 0 spiro atoms. The van der Waals surface area contributed by atoms with Crippen LogP contribution in [-0.2, 0) is 0 Å². The first kappa shape index (κ1) is 32.3. The van der Waals surface area contributed by atoms with Crippen LogP contribution in [0.5, 0.6) is 0 Å². The molecule has 4 heterocycles. The lowest BCUT2D eigenvalue weighted by Gasteiger charge is -2.11. The Morgan fingerprint density at radius 1 is 0.333 bits per heavy atom. The molecule has 0 aliphatic heterocycles. The molecule has 0 aliphatic rings. The van der Waals surface area contributed by atoms with Crippen LogP contribution in [0, 0.1) is 0 Å². The first-order valence-electron chi connectivity index (χ1n) is 19.0. The maximum atomic E-state index is 5.21. The second kappa shape index (κ2) is 12.8. The van der Waals surface area contributed by atoms with E-state index in [0.29, 0.717) is 17.6 Å². The predicted molar refractivity (Wildman–Crippen MR) is 242 cm³/mol. The molecule has 4 nitrogen and oxygen atoms in total. The normalized spacial score (nSPS) is 11.9. The molecule has 12 rings (SSSR count). The van der Waals surface area contributed by atoms with Gasteiger partial charge in [0, 0.05) is 62.2 Å². The van der Waals surface area contributed by atoms with E-state index in [1.165, 1.54) is 62.6 Å². The number of rotatable bonds is 5. The predicted octanol–water partition coefficient (Wildman–Crippen LogP) is 14.4. The van der Waals surface area contributed by atoms with E-state index >= 15 is 0 Å². The average molecular weight is 763 g/mol. The van der Waals surface area contributed by atoms with Gasteiger partial charge in [-0.05, 0) is 58.7 Å². The molecule has 12 aromatic rings. The van der Waals surface area contributed by atoms with Crippen molar-refractivity contribution in [3.63, 3.8) is 0 Å². The number of benzene rings is 8. The lowest BCUT2D eigenvalue weighted by Crippen LogP contribution is -2.06. The molecule has 0 unspecified atom stereocenters. The van der Waals surface area contributed by atoms with Crippen molar-refractivity contribution < 1.29 is 0 Å². The van der Waals surface area contributed by atoms with Gasteiger partial charge in [0.05, 0.1) is 11.0 Å². The third-order valence-electron chi connectivity index (χ3n) is 11.1. The fourth-order valence-corrected chi connectivity index (χ4v) is 10.9. The van der Waals surface area contributed by atoms with Gasteiger partial charge >= 0.3 is 0 Å². The van der Waals surface area contributed by atoms with Crippen molar-refractivity contribution in [1.82, 2.24) is 19.5 Å². The van der Waals surface area contributed by atoms with E-state index in [9.17, 15) is 0 Å². The third kappa shape index (κ3) is 5.15. The number of nitrogens with zero attached hydrogens (tertiary/aromatic N) is 4. The van der Waals surface area contributed by atoms with E-state index in [-0.39, 0.29) is 0 Å². The molecule has 0 aliphatic carbocycles. The Balaban J connectivity index is 1.14. The van der Waals surface area contributed by atoms with Gasteiger partial charge in [-0.3, -0.25) is 4.57 Å². The van der Waals surface area contributed by atoms with Crippen molar-refractivity contribution >= 4 is 84.8 Å². The molecule has 4 aromatic heterocycles. The van der Waals surface area contributed by atoms with Crippen molar-refractivity contribution in [2.45, 2.75) is 0 Å². The first-order chi connectivity index (χ1) is 28.2. The van der Waals surface area contributed by atoms with Crippen LogP contribution in [0.25, 0.3) is 113 Å². The fourth-order valence-electron chi connectivity index (χ4n) is 8.42. The summed E-state index contributed by atoms with van der Waals surface area (Å²) >= 11 is 3.73. The summed E-state index contributed by atoms with van der Waals surface area (Å²) in [5.74, 6) is 1.85. The van der Waals surface area contributed by atoms with Gasteiger partial charge in [0.15, 0.2) is 11.6 Å². The highest BCUT2D eigenvalue weighted by molar-refractivity contribution is 7.26. The summed E-state index contributed by atoms with van der Waals surface area (Å²) in [4.78, 5) is 15.4. The van der Waals surface area contributed by atoms with Crippen LogP contribution in [-0.4, -0.2) is 19.5 Å². The molecule has 0 saturated carbocycles. The molecular formula is C51H30N4S2. The standard InChI is InChI=1S/C51H30N4S2/c1-3-13-31(14-4-1)49-52-50(32-15-5-2-6-16-32)54-51(53-49)55-43-27-25-33(35-19-11-21-39-37-17-7-9-23-45(37)56-47(35)39)29-41(43)42-30-34(26-28-44(42)55)36-20-12-22-40-38-18-8-10-24-46(38)57-48(36)40/h1-30H. The monoisotopic (exact) mass is 762 g/mol. The van der Waals surface area contributed by atoms with Gasteiger partial charge in [-0.2, -0.15) is 9.97 Å². The highest BCUT2D eigenvalue weighted by Crippen LogP contribution is 2.44. The van der Waals surface area contributed by atoms with Crippen LogP contribution < -0.4 is 0 Å². The topological polar surface area (TPSA) is 43.6 Å². The van der Waals surface area contributed by atoms with Gasteiger partial charge in [0.2, 0.25) is 5.95 Å². The smallest absolute Gasteiger partial charge is 0.238 e. The highest BCUT2D eigenvalue weighted by atomic mass is 32.1. The molecule has 8 aromatic carbocycles. The molecule has 57 heavy (non-hydrogen) atoms. The van der Waals surface area contributed by atoms with Gasteiger partial charge in [-0.1, -0.05) is 146 Å². The summed E-state index contributed by atoms with van der Waals surface area (Å²) < 4.78 is 7.43. The van der Waals surface area contributed by atoms with Crippen molar-refractivity contribution in [1.29, 1.82) is 0 Å². The van der Waals surface area contributed by atoms with Crippen LogP contribution in [0.2, 0.25) is 0 Å². The molecule has 0 N–H and O–H groups in total. The van der Waals surface area contributed by atoms with Crippen molar-refractivity contribution in [3.8, 4) is 51.0 Å². The van der Waals surface area contributed by atoms with Gasteiger partial charge in [0.1, 0.15) is 0 Å². The van der Waals surface area contributed by atoms with Gasteiger partial charge < -0.3 is 0 Å². The van der Waals surface area contributed by atoms with E-state index in [2.05, 4.69) is 150 Å². The molecule has 0 radical (unpaired) electrons. The second-order valence-electron chi connectivity index (χ2n) is 14.4. The Bertz CT molecular complexity index is 3300. The Labute approximate surface area is 335 Å². The lowest BCUT2D eigenvalue weighted by molar-refractivity contribution is 0.953. The lowest BCUT2D eigenvalue weighted by atomic mass is 9.98. The van der Waals surface area contributed by atoms with Crippen LogP contribution in [0.1, 0.15) is 0 Å². The van der Waals surface area contributed by atoms with Gasteiger partial charge in [0.25, 0.3) is 0 Å². The molecule has 0 saturated heterocycles. The molecule has 6 heteroatoms. The summed E-state index contributed by atoms with van der Waals surface area (Å²) in [6, 6.07) is 64.9. The van der Waals surface area contributed by atoms with E-state index in [1.54, 1.807) is 0 Å². The molecule has 0 amide bonds. The van der Waals surface area contributed by atoms with Crippen LogP contribution in [0.3, 0.4) is 0 Å². The van der Waals surface area contributed by atoms with Crippen LogP contribution >= 0.6 is 22.7 Å². The quantitative estimate of drug-likeness (QED) is 0.175. The Kier molecular flexibility index (Phi) is 7.24. The zero-order chi connectivity index (χ0) is 37.5. The molecule has 0 fully saturated rings. The minimum atomic E-state index is 0.585. The van der Waals surface area contributed by atoms with E-state index in [1.807, 2.05) is 59.1 Å². The Morgan fingerprint density at radius 3 is 1.26 bits per heavy atom. The SMILES string of the molecule is c1ccc(-c2nc(-c3ccccc3)nc(-n3c4ccc(-c5cccc6c5sc5ccccc56)cc4c4cc(-c5cccc6c5sc5ccccc56)ccc43)n2)cc1. The highest BCUT2D eigenvalue weighted by Gasteiger charge is 2.21. The summed E-state index contributed by atoms with van der Waals surface area (Å²) in [5, 5.41) is 7.48. The maximum Gasteiger partial charge on any atom is 0.238 e. The number of fused-ring (bicyclic) bond motifs is 9. The van der Waals surface area contributed by atoms with E-state index in [0.717, 1.165) is 32.9 Å². The largest absolute Gasteiger partial charge is 0.278 e. The Hall–Kier alpha value is -6.99. The first-order valence-corrected chi connectivity index (χ1v) is 20.7. The van der Waals surface area contributed by atoms with Crippen molar-refractivity contribution in [3.05, 3.63) is 182 Å². The van der Waals surface area contributed by atoms with Gasteiger partial charge in [-0.25, -0.2) is 4.98 Å². The zero-order valence-corrected chi connectivity index (χ0v) is 32.1. The van der Waals surface area contributed by atoms with E-state index in [4.69, 9.17) is 15.0 Å². The number of hydrogen-bond acceptors (Lipinski definition) is 5. The molecular weight excluding hydrogens is 733 g/mol. The number of aromatic nitrogens is 4. The number of hydrogen-bond donors (Lipinski definition) is 0. The third-order valence-corrected chi connectivity index (χ3v) is 13.5. The fraction of sp³-hybridized carbons (Fsp3) is 0. The molecule has 0 atom stereocenters. The van der Waals surface area contributed by atoms with Crippen LogP contribution in [0.15, 0.2) is 182 Å². The molecule has 266 valence electrons.